The smallest absolute Gasteiger partial charge is 0.319 e. The first-order valence-corrected chi connectivity index (χ1v) is 19.9. The quantitative estimate of drug-likeness (QED) is 0.206. The molecule has 0 unspecified atom stereocenters. The molecule has 1 spiro atoms. The average molecular weight is 744 g/mol. The second-order valence-electron chi connectivity index (χ2n) is 17.0. The van der Waals surface area contributed by atoms with Crippen LogP contribution in [0.1, 0.15) is 77.2 Å². The summed E-state index contributed by atoms with van der Waals surface area (Å²) in [6, 6.07) is 7.02. The minimum Gasteiger partial charge on any atom is -0.508 e. The molecular weight excluding hydrogens is 692 g/mol. The molecule has 288 valence electrons. The van der Waals surface area contributed by atoms with Crippen molar-refractivity contribution in [1.29, 1.82) is 0 Å². The largest absolute Gasteiger partial charge is 0.508 e. The highest BCUT2D eigenvalue weighted by atomic mass is 19.1. The van der Waals surface area contributed by atoms with Gasteiger partial charge in [-0.3, -0.25) is 9.88 Å². The van der Waals surface area contributed by atoms with E-state index in [4.69, 9.17) is 24.2 Å². The number of rotatable bonds is 7. The molecule has 5 fully saturated rings. The van der Waals surface area contributed by atoms with E-state index < -0.39 is 17.2 Å². The van der Waals surface area contributed by atoms with E-state index in [-0.39, 0.29) is 47.1 Å². The summed E-state index contributed by atoms with van der Waals surface area (Å²) in [6.07, 6.45) is 12.3. The molecule has 2 aromatic carbocycles. The zero-order valence-corrected chi connectivity index (χ0v) is 31.4. The Hall–Kier alpha value is -3.71. The van der Waals surface area contributed by atoms with Crippen molar-refractivity contribution in [2.75, 3.05) is 57.6 Å². The normalized spacial score (nSPS) is 27.6. The first-order chi connectivity index (χ1) is 26.1. The van der Waals surface area contributed by atoms with Gasteiger partial charge in [-0.25, -0.2) is 8.78 Å². The summed E-state index contributed by atoms with van der Waals surface area (Å²) in [6.45, 7) is 7.98. The number of fused-ring (bicyclic) bond motifs is 3. The predicted molar refractivity (Wildman–Crippen MR) is 202 cm³/mol. The number of aryl methyl sites for hydroxylation is 1. The van der Waals surface area contributed by atoms with Gasteiger partial charge in [0.2, 0.25) is 0 Å². The molecule has 0 amide bonds. The Balaban J connectivity index is 1.09. The molecule has 54 heavy (non-hydrogen) atoms. The van der Waals surface area contributed by atoms with Crippen molar-refractivity contribution in [3.8, 4) is 23.0 Å². The molecule has 2 aromatic heterocycles. The number of benzene rings is 2. The average Bonchev–Trinajstić information content (AvgIpc) is 3.50. The summed E-state index contributed by atoms with van der Waals surface area (Å²) in [4.78, 5) is 18.9. The summed E-state index contributed by atoms with van der Waals surface area (Å²) >= 11 is 0. The van der Waals surface area contributed by atoms with Crippen molar-refractivity contribution in [3.63, 3.8) is 0 Å². The first kappa shape index (κ1) is 36.0. The van der Waals surface area contributed by atoms with E-state index in [2.05, 4.69) is 9.88 Å². The van der Waals surface area contributed by atoms with E-state index in [0.29, 0.717) is 71.2 Å². The molecule has 3 aliphatic heterocycles. The number of piperidine rings is 1. The molecule has 3 saturated heterocycles. The van der Waals surface area contributed by atoms with E-state index in [0.717, 1.165) is 51.9 Å². The summed E-state index contributed by atoms with van der Waals surface area (Å²) in [5.41, 5.74) is -0.108. The van der Waals surface area contributed by atoms with Gasteiger partial charge in [-0.15, -0.1) is 0 Å². The van der Waals surface area contributed by atoms with Crippen molar-refractivity contribution >= 4 is 27.5 Å². The maximum atomic E-state index is 17.2. The van der Waals surface area contributed by atoms with Crippen molar-refractivity contribution in [2.45, 2.75) is 95.7 Å². The topological polar surface area (TPSA) is 113 Å². The molecule has 9 rings (SSSR count). The number of aromatic nitrogens is 3. The van der Waals surface area contributed by atoms with Crippen molar-refractivity contribution in [2.24, 2.45) is 10.8 Å². The zero-order chi connectivity index (χ0) is 37.2. The van der Waals surface area contributed by atoms with Gasteiger partial charge in [-0.1, -0.05) is 19.4 Å². The number of ether oxygens (including phenoxy) is 3. The van der Waals surface area contributed by atoms with Crippen molar-refractivity contribution in [3.05, 3.63) is 47.7 Å². The van der Waals surface area contributed by atoms with Crippen LogP contribution in [-0.4, -0.2) is 100 Å². The summed E-state index contributed by atoms with van der Waals surface area (Å²) in [7, 11) is 0. The molecule has 10 nitrogen and oxygen atoms in total. The third-order valence-electron chi connectivity index (χ3n) is 13.4. The van der Waals surface area contributed by atoms with Crippen LogP contribution < -0.4 is 9.64 Å². The number of hydrogen-bond donors (Lipinski definition) is 2. The Morgan fingerprint density at radius 1 is 1.00 bits per heavy atom. The fourth-order valence-electron chi connectivity index (χ4n) is 10.7. The molecule has 5 heterocycles. The second kappa shape index (κ2) is 13.8. The Bertz CT molecular complexity index is 2070. The molecule has 0 bridgehead atoms. The number of nitrogens with zero attached hydrogens (tertiary/aromatic N) is 5. The van der Waals surface area contributed by atoms with Gasteiger partial charge < -0.3 is 29.3 Å². The highest BCUT2D eigenvalue weighted by Crippen LogP contribution is 2.56. The Morgan fingerprint density at radius 3 is 2.63 bits per heavy atom. The van der Waals surface area contributed by atoms with E-state index in [1.54, 1.807) is 19.1 Å². The number of hydrogen-bond acceptors (Lipinski definition) is 10. The fraction of sp³-hybridized carbons (Fsp3) is 0.595. The molecule has 12 heteroatoms. The van der Waals surface area contributed by atoms with Crippen LogP contribution in [0.15, 0.2) is 30.5 Å². The Kier molecular flexibility index (Phi) is 9.18. The van der Waals surface area contributed by atoms with Crippen LogP contribution in [0.3, 0.4) is 0 Å². The molecule has 5 aliphatic rings. The van der Waals surface area contributed by atoms with Gasteiger partial charge in [0, 0.05) is 49.0 Å². The summed E-state index contributed by atoms with van der Waals surface area (Å²) < 4.78 is 50.3. The lowest BCUT2D eigenvalue weighted by Crippen LogP contribution is -2.61. The van der Waals surface area contributed by atoms with Gasteiger partial charge >= 0.3 is 6.01 Å². The van der Waals surface area contributed by atoms with Gasteiger partial charge in [0.25, 0.3) is 0 Å². The number of likely N-dealkylation sites (tertiary alicyclic amines) is 1. The molecule has 2 aliphatic carbocycles. The number of phenols is 1. The highest BCUT2D eigenvalue weighted by molar-refractivity contribution is 6.01. The van der Waals surface area contributed by atoms with Crippen LogP contribution in [0.5, 0.6) is 11.8 Å². The fourth-order valence-corrected chi connectivity index (χ4v) is 10.7. The SMILES string of the molecule is CCc1c(F)ccc2cc(O)cc(-c3ncc4c(N5CCOC[C@@](C)(O)C5)nc(OC[C@]56CCC[C@H]5N(C5CC7(CCOCC7)C5)CCC6)nc4c3F)c12. The van der Waals surface area contributed by atoms with E-state index in [1.807, 2.05) is 11.8 Å². The number of halogens is 2. The third kappa shape index (κ3) is 6.27. The van der Waals surface area contributed by atoms with Gasteiger partial charge in [0.1, 0.15) is 34.2 Å². The molecular formula is C42H51F2N5O5. The number of pyridine rings is 1. The van der Waals surface area contributed by atoms with Gasteiger partial charge in [-0.05, 0) is 111 Å². The summed E-state index contributed by atoms with van der Waals surface area (Å²) in [5.74, 6) is -0.796. The van der Waals surface area contributed by atoms with Crippen molar-refractivity contribution in [1.82, 2.24) is 19.9 Å². The number of aliphatic hydroxyl groups is 1. The Morgan fingerprint density at radius 2 is 1.81 bits per heavy atom. The van der Waals surface area contributed by atoms with Crippen LogP contribution in [0.25, 0.3) is 32.9 Å². The van der Waals surface area contributed by atoms with Gasteiger partial charge in [0.05, 0.1) is 31.8 Å². The number of phenolic OH excluding ortho intramolecular Hbond substituents is 1. The van der Waals surface area contributed by atoms with E-state index in [9.17, 15) is 10.2 Å². The first-order valence-electron chi connectivity index (χ1n) is 19.9. The van der Waals surface area contributed by atoms with E-state index in [1.165, 1.54) is 44.0 Å². The van der Waals surface area contributed by atoms with Crippen LogP contribution >= 0.6 is 0 Å². The summed E-state index contributed by atoms with van der Waals surface area (Å²) in [5, 5.41) is 23.3. The number of anilines is 1. The minimum absolute atomic E-state index is 0.0118. The Labute approximate surface area is 314 Å². The van der Waals surface area contributed by atoms with Crippen LogP contribution in [0, 0.1) is 22.5 Å². The lowest BCUT2D eigenvalue weighted by molar-refractivity contribution is -0.112. The van der Waals surface area contributed by atoms with Crippen LogP contribution in [0.4, 0.5) is 14.6 Å². The maximum absolute atomic E-state index is 17.2. The standard InChI is InChI=1S/C42H51F2N5O5/c1-3-29-32(43)8-7-26-18-28(50)19-30(34(26)29)36-35(44)37-31(22-45-36)38(48-14-17-53-24-40(2,51)23-48)47-39(46-37)54-25-42-9-4-6-33(42)49(13-5-10-42)27-20-41(21-27)11-15-52-16-12-41/h7-8,18-19,22,27,33,50-51H,3-6,9-17,20-21,23-25H2,1-2H3/t33-,40+,42-/m1/s1. The monoisotopic (exact) mass is 743 g/mol. The molecule has 0 radical (unpaired) electrons. The zero-order valence-electron chi connectivity index (χ0n) is 31.4. The minimum atomic E-state index is -1.17. The lowest BCUT2D eigenvalue weighted by atomic mass is 9.60. The lowest BCUT2D eigenvalue weighted by Gasteiger charge is -2.58. The van der Waals surface area contributed by atoms with Gasteiger partial charge in [0.15, 0.2) is 5.82 Å². The van der Waals surface area contributed by atoms with Gasteiger partial charge in [-0.2, -0.15) is 9.97 Å². The molecule has 2 N–H and O–H groups in total. The molecule has 4 aromatic rings. The number of aromatic hydroxyl groups is 1. The van der Waals surface area contributed by atoms with E-state index >= 15 is 8.78 Å². The van der Waals surface area contributed by atoms with Crippen molar-refractivity contribution < 1.29 is 33.2 Å². The molecule has 3 atom stereocenters. The predicted octanol–water partition coefficient (Wildman–Crippen LogP) is 6.95. The third-order valence-corrected chi connectivity index (χ3v) is 13.4. The van der Waals surface area contributed by atoms with Crippen LogP contribution in [-0.2, 0) is 15.9 Å². The maximum Gasteiger partial charge on any atom is 0.319 e. The molecule has 2 saturated carbocycles. The second-order valence-corrected chi connectivity index (χ2v) is 17.0. The highest BCUT2D eigenvalue weighted by Gasteiger charge is 2.55. The number of β-amino-alcohol motifs (C(OH)–C–C–N with tert-alkyl or cyclic N) is 1. The van der Waals surface area contributed by atoms with Crippen LogP contribution in [0.2, 0.25) is 0 Å².